The van der Waals surface area contributed by atoms with E-state index in [-0.39, 0.29) is 36.0 Å². The van der Waals surface area contributed by atoms with Crippen molar-refractivity contribution in [3.05, 3.63) is 66.0 Å². The quantitative estimate of drug-likeness (QED) is 0.204. The summed E-state index contributed by atoms with van der Waals surface area (Å²) in [5.41, 5.74) is 1.58. The van der Waals surface area contributed by atoms with E-state index < -0.39 is 12.1 Å². The number of carbonyl (C=O) groups is 2. The molecule has 4 rings (SSSR count). The smallest absolute Gasteiger partial charge is 0.237 e. The number of nitrogens with zero attached hydrogens (tertiary/aromatic N) is 3. The Morgan fingerprint density at radius 1 is 1.04 bits per heavy atom. The summed E-state index contributed by atoms with van der Waals surface area (Å²) in [4.78, 5) is 32.9. The average molecular weight is 653 g/mol. The highest BCUT2D eigenvalue weighted by atomic mass is 16.5. The first-order chi connectivity index (χ1) is 22.4. The molecule has 5 N–H and O–H groups in total. The topological polar surface area (TPSA) is 130 Å². The molecular formula is C37H60N6O4. The van der Waals surface area contributed by atoms with E-state index in [2.05, 4.69) is 25.8 Å². The molecule has 2 fully saturated rings. The summed E-state index contributed by atoms with van der Waals surface area (Å²) in [6, 6.07) is 15.1. The zero-order valence-electron chi connectivity index (χ0n) is 29.5. The van der Waals surface area contributed by atoms with E-state index in [0.29, 0.717) is 37.9 Å². The first-order valence-corrected chi connectivity index (χ1v) is 17.5. The largest absolute Gasteiger partial charge is 0.390 e. The maximum atomic E-state index is 13.4. The fourth-order valence-electron chi connectivity index (χ4n) is 6.58. The second kappa shape index (κ2) is 19.2. The van der Waals surface area contributed by atoms with Gasteiger partial charge in [-0.2, -0.15) is 5.06 Å². The number of amides is 2. The molecule has 1 saturated carbocycles. The van der Waals surface area contributed by atoms with Crippen LogP contribution in [0, 0.1) is 11.8 Å². The summed E-state index contributed by atoms with van der Waals surface area (Å²) in [5, 5.41) is 31.1. The maximum absolute atomic E-state index is 13.4. The maximum Gasteiger partial charge on any atom is 0.237 e. The number of aliphatic hydroxyl groups is 1. The molecule has 2 aromatic rings. The van der Waals surface area contributed by atoms with Gasteiger partial charge in [0, 0.05) is 44.0 Å². The molecule has 10 nitrogen and oxygen atoms in total. The first kappa shape index (κ1) is 38.6. The van der Waals surface area contributed by atoms with Crippen LogP contribution in [0.1, 0.15) is 84.9 Å². The molecule has 1 aliphatic heterocycles. The summed E-state index contributed by atoms with van der Waals surface area (Å²) in [5.74, 6) is 0.968. The van der Waals surface area contributed by atoms with Crippen LogP contribution in [0.15, 0.2) is 54.7 Å². The Morgan fingerprint density at radius 3 is 2.32 bits per heavy atom. The van der Waals surface area contributed by atoms with Crippen molar-refractivity contribution in [1.29, 1.82) is 0 Å². The van der Waals surface area contributed by atoms with Gasteiger partial charge >= 0.3 is 0 Å². The van der Waals surface area contributed by atoms with Crippen molar-refractivity contribution in [2.75, 3.05) is 26.2 Å². The van der Waals surface area contributed by atoms with Crippen molar-refractivity contribution >= 4 is 11.8 Å². The van der Waals surface area contributed by atoms with Crippen LogP contribution in [0.5, 0.6) is 0 Å². The third-order valence-corrected chi connectivity index (χ3v) is 9.07. The van der Waals surface area contributed by atoms with E-state index in [1.807, 2.05) is 90.1 Å². The molecular weight excluding hydrogens is 592 g/mol. The van der Waals surface area contributed by atoms with Crippen LogP contribution in [0.4, 0.5) is 0 Å². The molecule has 5 atom stereocenters. The average Bonchev–Trinajstić information content (AvgIpc) is 3.04. The molecule has 0 radical (unpaired) electrons. The minimum Gasteiger partial charge on any atom is -0.390 e. The van der Waals surface area contributed by atoms with Gasteiger partial charge in [-0.05, 0) is 83.4 Å². The van der Waals surface area contributed by atoms with Gasteiger partial charge in [0.15, 0.2) is 0 Å². The molecule has 47 heavy (non-hydrogen) atoms. The van der Waals surface area contributed by atoms with Crippen LogP contribution in [0.3, 0.4) is 0 Å². The van der Waals surface area contributed by atoms with Crippen LogP contribution >= 0.6 is 0 Å². The molecule has 1 saturated heterocycles. The molecule has 2 heterocycles. The Hall–Kier alpha value is -2.89. The standard InChI is InChI=1S/C32H47N5O3.C5H13NO/c1-32(2,3)36-31(40)28-18-24-13-7-8-14-25(24)21-37(28)22-29(38)27(17-23-11-5-4-6-12-23)35-30(39)20-33-19-26-15-9-10-16-34-26;1-4-6(7)5(2)3/h4-6,9-12,15-16,24-25,27-29,33,38H,7-8,13-14,17-22H2,1-3H3,(H,35,39)(H,36,40);5,7H,4H2,1-3H3. The van der Waals surface area contributed by atoms with Crippen molar-refractivity contribution in [3.8, 4) is 0 Å². The number of pyridine rings is 1. The van der Waals surface area contributed by atoms with Crippen LogP contribution in [0.25, 0.3) is 0 Å². The third kappa shape index (κ3) is 13.6. The lowest BCUT2D eigenvalue weighted by Crippen LogP contribution is -2.60. The predicted molar refractivity (Wildman–Crippen MR) is 187 cm³/mol. The van der Waals surface area contributed by atoms with Gasteiger partial charge in [-0.1, -0.05) is 62.6 Å². The van der Waals surface area contributed by atoms with Gasteiger partial charge in [0.05, 0.1) is 30.4 Å². The van der Waals surface area contributed by atoms with Gasteiger partial charge in [0.1, 0.15) is 0 Å². The summed E-state index contributed by atoms with van der Waals surface area (Å²) in [6.45, 7) is 14.3. The minimum absolute atomic E-state index is 0.0334. The highest BCUT2D eigenvalue weighted by Gasteiger charge is 2.41. The van der Waals surface area contributed by atoms with Gasteiger partial charge in [-0.15, -0.1) is 0 Å². The van der Waals surface area contributed by atoms with Gasteiger partial charge in [0.25, 0.3) is 0 Å². The fraction of sp³-hybridized carbons (Fsp3) is 0.649. The normalized spacial score (nSPS) is 21.3. The Kier molecular flexibility index (Phi) is 15.7. The molecule has 1 aromatic heterocycles. The number of β-amino-alcohol motifs (C(OH)–C–C–N with tert-alkyl or cyclic N) is 1. The van der Waals surface area contributed by atoms with Gasteiger partial charge in [-0.25, -0.2) is 0 Å². The molecule has 0 spiro atoms. The zero-order valence-corrected chi connectivity index (χ0v) is 29.5. The monoisotopic (exact) mass is 652 g/mol. The van der Waals surface area contributed by atoms with E-state index >= 15 is 0 Å². The first-order valence-electron chi connectivity index (χ1n) is 17.5. The number of aliphatic hydroxyl groups excluding tert-OH is 1. The molecule has 2 aliphatic rings. The van der Waals surface area contributed by atoms with Crippen molar-refractivity contribution < 1.29 is 19.9 Å². The third-order valence-electron chi connectivity index (χ3n) is 9.07. The van der Waals surface area contributed by atoms with E-state index in [1.54, 1.807) is 6.20 Å². The van der Waals surface area contributed by atoms with Crippen LogP contribution in [-0.2, 0) is 22.6 Å². The number of hydrogen-bond acceptors (Lipinski definition) is 8. The lowest BCUT2D eigenvalue weighted by atomic mass is 9.72. The minimum atomic E-state index is -0.829. The molecule has 262 valence electrons. The number of hydrogen-bond donors (Lipinski definition) is 5. The molecule has 2 amide bonds. The number of nitrogens with one attached hydrogen (secondary N) is 3. The zero-order chi connectivity index (χ0) is 34.4. The molecule has 1 aromatic carbocycles. The number of likely N-dealkylation sites (tertiary alicyclic amines) is 1. The van der Waals surface area contributed by atoms with E-state index in [4.69, 9.17) is 5.21 Å². The highest BCUT2D eigenvalue weighted by molar-refractivity contribution is 5.82. The van der Waals surface area contributed by atoms with Gasteiger partial charge in [-0.3, -0.25) is 19.5 Å². The van der Waals surface area contributed by atoms with Crippen molar-refractivity contribution in [3.63, 3.8) is 0 Å². The Balaban J connectivity index is 0.000000771. The summed E-state index contributed by atoms with van der Waals surface area (Å²) in [7, 11) is 0. The fourth-order valence-corrected chi connectivity index (χ4v) is 6.58. The van der Waals surface area contributed by atoms with Crippen LogP contribution < -0.4 is 16.0 Å². The number of benzene rings is 1. The molecule has 0 bridgehead atoms. The number of hydroxylamine groups is 2. The summed E-state index contributed by atoms with van der Waals surface area (Å²) >= 11 is 0. The van der Waals surface area contributed by atoms with E-state index in [0.717, 1.165) is 24.2 Å². The Labute approximate surface area is 282 Å². The van der Waals surface area contributed by atoms with Crippen LogP contribution in [0.2, 0.25) is 0 Å². The SMILES string of the molecule is CC(C)(C)NC(=O)C1CC2CCCCC2CN1CC(O)C(Cc1ccccc1)NC(=O)CNCc1ccccn1.CCN(O)C(C)C. The molecule has 1 aliphatic carbocycles. The Morgan fingerprint density at radius 2 is 1.72 bits per heavy atom. The van der Waals surface area contributed by atoms with Crippen molar-refractivity contribution in [2.45, 2.75) is 116 Å². The number of rotatable bonds is 13. The number of piperidine rings is 1. The Bertz CT molecular complexity index is 1190. The van der Waals surface area contributed by atoms with Gasteiger partial charge < -0.3 is 26.3 Å². The second-order valence-electron chi connectivity index (χ2n) is 14.5. The number of fused-ring (bicyclic) bond motifs is 1. The predicted octanol–water partition coefficient (Wildman–Crippen LogP) is 4.16. The van der Waals surface area contributed by atoms with E-state index in [9.17, 15) is 14.7 Å². The van der Waals surface area contributed by atoms with Crippen molar-refractivity contribution in [2.24, 2.45) is 11.8 Å². The lowest BCUT2D eigenvalue weighted by Gasteiger charge is -2.47. The van der Waals surface area contributed by atoms with Crippen molar-refractivity contribution in [1.82, 2.24) is 30.9 Å². The van der Waals surface area contributed by atoms with E-state index in [1.165, 1.54) is 30.7 Å². The highest BCUT2D eigenvalue weighted by Crippen LogP contribution is 2.39. The molecule has 10 heteroatoms. The summed E-state index contributed by atoms with van der Waals surface area (Å²) < 4.78 is 0. The summed E-state index contributed by atoms with van der Waals surface area (Å²) in [6.07, 6.45) is 7.06. The number of carbonyl (C=O) groups excluding carboxylic acids is 2. The van der Waals surface area contributed by atoms with Crippen LogP contribution in [-0.4, -0.2) is 93.0 Å². The molecule has 5 unspecified atom stereocenters. The second-order valence-corrected chi connectivity index (χ2v) is 14.5. The number of aromatic nitrogens is 1. The van der Waals surface area contributed by atoms with Gasteiger partial charge in [0.2, 0.25) is 11.8 Å². The lowest BCUT2D eigenvalue weighted by molar-refractivity contribution is -0.133.